The first-order chi connectivity index (χ1) is 11.4. The van der Waals surface area contributed by atoms with Gasteiger partial charge in [0.05, 0.1) is 12.1 Å². The zero-order valence-electron chi connectivity index (χ0n) is 13.7. The molecule has 1 fully saturated rings. The number of likely N-dealkylation sites (tertiary alicyclic amines) is 1. The van der Waals surface area contributed by atoms with E-state index in [1.54, 1.807) is 37.9 Å². The molecular weight excluding hydrogens is 330 g/mol. The molecule has 0 spiro atoms. The largest absolute Gasteiger partial charge is 0.445 e. The van der Waals surface area contributed by atoms with Crippen LogP contribution in [0.2, 0.25) is 5.02 Å². The first-order valence-corrected chi connectivity index (χ1v) is 8.00. The second-order valence-corrected chi connectivity index (χ2v) is 6.36. The van der Waals surface area contributed by atoms with Gasteiger partial charge in [0.2, 0.25) is 5.91 Å². The molecule has 2 amide bonds. The molecule has 2 atom stereocenters. The molecule has 0 bridgehead atoms. The van der Waals surface area contributed by atoms with Gasteiger partial charge in [-0.05, 0) is 24.6 Å². The van der Waals surface area contributed by atoms with Crippen molar-refractivity contribution in [2.45, 2.75) is 32.4 Å². The summed E-state index contributed by atoms with van der Waals surface area (Å²) in [6, 6.07) is 6.70. The Hall–Kier alpha value is -2.34. The molecule has 0 saturated carbocycles. The second-order valence-electron chi connectivity index (χ2n) is 5.92. The third-order valence-corrected chi connectivity index (χ3v) is 4.48. The van der Waals surface area contributed by atoms with Gasteiger partial charge in [-0.1, -0.05) is 23.7 Å². The summed E-state index contributed by atoms with van der Waals surface area (Å²) in [4.78, 5) is 30.4. The average Bonchev–Trinajstić information content (AvgIpc) is 3.00. The highest BCUT2D eigenvalue weighted by atomic mass is 35.5. The number of hydrogen-bond donors (Lipinski definition) is 1. The van der Waals surface area contributed by atoms with Gasteiger partial charge in [-0.15, -0.1) is 0 Å². The number of aryl methyl sites for hydroxylation is 2. The number of nitrogens with zero attached hydrogens (tertiary/aromatic N) is 2. The lowest BCUT2D eigenvalue weighted by molar-refractivity contribution is -0.127. The van der Waals surface area contributed by atoms with Crippen LogP contribution in [0.3, 0.4) is 0 Å². The van der Waals surface area contributed by atoms with Crippen LogP contribution in [-0.4, -0.2) is 34.8 Å². The van der Waals surface area contributed by atoms with Crippen molar-refractivity contribution < 1.29 is 14.0 Å². The van der Waals surface area contributed by atoms with Crippen LogP contribution in [-0.2, 0) is 4.79 Å². The Labute approximate surface area is 144 Å². The normalized spacial score (nSPS) is 20.5. The van der Waals surface area contributed by atoms with E-state index >= 15 is 0 Å². The predicted octanol–water partition coefficient (Wildman–Crippen LogP) is 2.65. The van der Waals surface area contributed by atoms with Gasteiger partial charge in [0.15, 0.2) is 11.6 Å². The lowest BCUT2D eigenvalue weighted by Crippen LogP contribution is -2.39. The highest BCUT2D eigenvalue weighted by molar-refractivity contribution is 6.30. The maximum atomic E-state index is 12.5. The number of rotatable bonds is 3. The van der Waals surface area contributed by atoms with Crippen molar-refractivity contribution in [3.05, 3.63) is 52.2 Å². The number of benzene rings is 1. The molecule has 1 aromatic heterocycles. The van der Waals surface area contributed by atoms with Crippen molar-refractivity contribution in [1.82, 2.24) is 15.2 Å². The molecule has 0 aliphatic carbocycles. The van der Waals surface area contributed by atoms with Crippen molar-refractivity contribution in [1.29, 1.82) is 0 Å². The lowest BCUT2D eigenvalue weighted by atomic mass is 10.00. The van der Waals surface area contributed by atoms with E-state index in [0.29, 0.717) is 16.7 Å². The Bertz CT molecular complexity index is 785. The number of aromatic nitrogens is 1. The summed E-state index contributed by atoms with van der Waals surface area (Å²) in [6.07, 6.45) is 0.241. The molecule has 6 nitrogen and oxygen atoms in total. The Balaban J connectivity index is 1.85. The quantitative estimate of drug-likeness (QED) is 0.926. The summed E-state index contributed by atoms with van der Waals surface area (Å²) in [5.41, 5.74) is 1.18. The first-order valence-electron chi connectivity index (χ1n) is 7.63. The molecule has 3 rings (SSSR count). The van der Waals surface area contributed by atoms with E-state index in [-0.39, 0.29) is 36.0 Å². The van der Waals surface area contributed by atoms with E-state index in [9.17, 15) is 9.59 Å². The van der Waals surface area contributed by atoms with Gasteiger partial charge in [0, 0.05) is 25.4 Å². The van der Waals surface area contributed by atoms with Gasteiger partial charge in [0.25, 0.3) is 5.91 Å². The zero-order chi connectivity index (χ0) is 17.4. The third kappa shape index (κ3) is 3.01. The Kier molecular flexibility index (Phi) is 4.32. The van der Waals surface area contributed by atoms with Gasteiger partial charge in [-0.25, -0.2) is 4.98 Å². The monoisotopic (exact) mass is 347 g/mol. The number of nitrogens with one attached hydrogen (secondary N) is 1. The topological polar surface area (TPSA) is 75.4 Å². The SMILES string of the molecule is Cc1nc(C(=O)NC2CC(=O)N(C)C2c2ccc(Cl)cc2)c(C)o1. The van der Waals surface area contributed by atoms with Crippen LogP contribution >= 0.6 is 11.6 Å². The lowest BCUT2D eigenvalue weighted by Gasteiger charge is -2.26. The molecule has 1 aliphatic heterocycles. The van der Waals surface area contributed by atoms with Gasteiger partial charge < -0.3 is 14.6 Å². The van der Waals surface area contributed by atoms with Gasteiger partial charge in [-0.2, -0.15) is 0 Å². The molecule has 24 heavy (non-hydrogen) atoms. The fourth-order valence-corrected chi connectivity index (χ4v) is 3.22. The standard InChI is InChI=1S/C17H18ClN3O3/c1-9-15(19-10(2)24-9)17(23)20-13-8-14(22)21(3)16(13)11-4-6-12(18)7-5-11/h4-7,13,16H,8H2,1-3H3,(H,20,23). The summed E-state index contributed by atoms with van der Waals surface area (Å²) in [7, 11) is 1.74. The predicted molar refractivity (Wildman–Crippen MR) is 88.8 cm³/mol. The van der Waals surface area contributed by atoms with Crippen LogP contribution in [0.25, 0.3) is 0 Å². The van der Waals surface area contributed by atoms with E-state index in [1.807, 2.05) is 12.1 Å². The van der Waals surface area contributed by atoms with Crippen LogP contribution < -0.4 is 5.32 Å². The minimum Gasteiger partial charge on any atom is -0.445 e. The van der Waals surface area contributed by atoms with Gasteiger partial charge in [-0.3, -0.25) is 9.59 Å². The number of amides is 2. The van der Waals surface area contributed by atoms with E-state index in [1.165, 1.54) is 0 Å². The van der Waals surface area contributed by atoms with Gasteiger partial charge >= 0.3 is 0 Å². The smallest absolute Gasteiger partial charge is 0.273 e. The molecular formula is C17H18ClN3O3. The van der Waals surface area contributed by atoms with E-state index in [2.05, 4.69) is 10.3 Å². The highest BCUT2D eigenvalue weighted by Gasteiger charge is 2.39. The fourth-order valence-electron chi connectivity index (χ4n) is 3.09. The molecule has 1 saturated heterocycles. The number of carbonyl (C=O) groups is 2. The minimum atomic E-state index is -0.340. The molecule has 1 aliphatic rings. The fraction of sp³-hybridized carbons (Fsp3) is 0.353. The number of likely N-dealkylation sites (N-methyl/N-ethyl adjacent to an activating group) is 1. The van der Waals surface area contributed by atoms with Crippen molar-refractivity contribution in [2.24, 2.45) is 0 Å². The molecule has 2 heterocycles. The summed E-state index contributed by atoms with van der Waals surface area (Å²) < 4.78 is 5.30. The van der Waals surface area contributed by atoms with E-state index in [0.717, 1.165) is 5.56 Å². The second kappa shape index (κ2) is 6.28. The van der Waals surface area contributed by atoms with E-state index in [4.69, 9.17) is 16.0 Å². The molecule has 2 aromatic rings. The van der Waals surface area contributed by atoms with Crippen LogP contribution in [0.15, 0.2) is 28.7 Å². The van der Waals surface area contributed by atoms with Crippen molar-refractivity contribution >= 4 is 23.4 Å². The Morgan fingerprint density at radius 3 is 2.58 bits per heavy atom. The third-order valence-electron chi connectivity index (χ3n) is 4.23. The molecule has 7 heteroatoms. The van der Waals surface area contributed by atoms with Crippen molar-refractivity contribution in [3.8, 4) is 0 Å². The highest BCUT2D eigenvalue weighted by Crippen LogP contribution is 2.32. The van der Waals surface area contributed by atoms with Crippen LogP contribution in [0.4, 0.5) is 0 Å². The van der Waals surface area contributed by atoms with Crippen molar-refractivity contribution in [2.75, 3.05) is 7.05 Å². The molecule has 2 unspecified atom stereocenters. The average molecular weight is 348 g/mol. The van der Waals surface area contributed by atoms with E-state index < -0.39 is 0 Å². The number of hydrogen-bond acceptors (Lipinski definition) is 4. The maximum absolute atomic E-state index is 12.5. The minimum absolute atomic E-state index is 0.0201. The number of oxazole rings is 1. The molecule has 126 valence electrons. The molecule has 1 N–H and O–H groups in total. The number of halogens is 1. The van der Waals surface area contributed by atoms with Gasteiger partial charge in [0.1, 0.15) is 5.76 Å². The molecule has 1 aromatic carbocycles. The van der Waals surface area contributed by atoms with Crippen molar-refractivity contribution in [3.63, 3.8) is 0 Å². The first kappa shape index (κ1) is 16.5. The van der Waals surface area contributed by atoms with Crippen LogP contribution in [0.1, 0.15) is 40.2 Å². The Morgan fingerprint density at radius 1 is 1.33 bits per heavy atom. The summed E-state index contributed by atoms with van der Waals surface area (Å²) in [5, 5.41) is 3.54. The summed E-state index contributed by atoms with van der Waals surface area (Å²) >= 11 is 5.93. The van der Waals surface area contributed by atoms with Crippen LogP contribution in [0, 0.1) is 13.8 Å². The molecule has 0 radical (unpaired) electrons. The maximum Gasteiger partial charge on any atom is 0.273 e. The number of carbonyl (C=O) groups excluding carboxylic acids is 2. The van der Waals surface area contributed by atoms with Crippen LogP contribution in [0.5, 0.6) is 0 Å². The Morgan fingerprint density at radius 2 is 2.00 bits per heavy atom. The summed E-state index contributed by atoms with van der Waals surface area (Å²) in [6.45, 7) is 3.38. The zero-order valence-corrected chi connectivity index (χ0v) is 14.4. The summed E-state index contributed by atoms with van der Waals surface area (Å²) in [5.74, 6) is 0.543.